The summed E-state index contributed by atoms with van der Waals surface area (Å²) in [4.78, 5) is 0. The standard InChI is InChI=1S/C10H17NO2/c1-10(2,3)11-6-8-4-5-9(7-12)13-8/h4-5,11-12H,6-7H2,1-3H3. The second-order valence-corrected chi connectivity index (χ2v) is 4.13. The zero-order valence-corrected chi connectivity index (χ0v) is 8.42. The van der Waals surface area contributed by atoms with Crippen molar-refractivity contribution in [1.29, 1.82) is 0 Å². The Bertz CT molecular complexity index is 260. The molecule has 0 aromatic carbocycles. The Morgan fingerprint density at radius 1 is 1.31 bits per heavy atom. The fourth-order valence-electron chi connectivity index (χ4n) is 0.955. The van der Waals surface area contributed by atoms with Gasteiger partial charge in [0, 0.05) is 5.54 Å². The molecule has 1 rings (SSSR count). The number of aliphatic hydroxyl groups excluding tert-OH is 1. The zero-order valence-electron chi connectivity index (χ0n) is 8.42. The average molecular weight is 183 g/mol. The number of nitrogens with one attached hydrogen (secondary N) is 1. The smallest absolute Gasteiger partial charge is 0.129 e. The summed E-state index contributed by atoms with van der Waals surface area (Å²) in [6, 6.07) is 3.67. The number of aliphatic hydroxyl groups is 1. The average Bonchev–Trinajstić information content (AvgIpc) is 2.47. The lowest BCUT2D eigenvalue weighted by Crippen LogP contribution is -2.34. The van der Waals surface area contributed by atoms with Crippen LogP contribution in [-0.4, -0.2) is 10.6 Å². The molecule has 0 saturated carbocycles. The van der Waals surface area contributed by atoms with Crippen molar-refractivity contribution in [2.75, 3.05) is 0 Å². The molecule has 3 heteroatoms. The molecule has 0 amide bonds. The highest BCUT2D eigenvalue weighted by Crippen LogP contribution is 2.09. The molecule has 0 saturated heterocycles. The molecule has 0 aliphatic heterocycles. The van der Waals surface area contributed by atoms with Gasteiger partial charge in [-0.1, -0.05) is 0 Å². The molecule has 0 aliphatic carbocycles. The molecule has 0 radical (unpaired) electrons. The van der Waals surface area contributed by atoms with Crippen molar-refractivity contribution in [3.8, 4) is 0 Å². The quantitative estimate of drug-likeness (QED) is 0.749. The number of furan rings is 1. The van der Waals surface area contributed by atoms with Crippen molar-refractivity contribution in [3.63, 3.8) is 0 Å². The van der Waals surface area contributed by atoms with Gasteiger partial charge in [-0.15, -0.1) is 0 Å². The van der Waals surface area contributed by atoms with Gasteiger partial charge in [0.25, 0.3) is 0 Å². The molecule has 0 aliphatic rings. The van der Waals surface area contributed by atoms with Crippen LogP contribution in [0.15, 0.2) is 16.5 Å². The van der Waals surface area contributed by atoms with Gasteiger partial charge in [0.05, 0.1) is 6.54 Å². The highest BCUT2D eigenvalue weighted by Gasteiger charge is 2.09. The van der Waals surface area contributed by atoms with Crippen molar-refractivity contribution in [3.05, 3.63) is 23.7 Å². The second-order valence-electron chi connectivity index (χ2n) is 4.13. The van der Waals surface area contributed by atoms with Gasteiger partial charge in [-0.2, -0.15) is 0 Å². The van der Waals surface area contributed by atoms with E-state index in [1.165, 1.54) is 0 Å². The van der Waals surface area contributed by atoms with Crippen LogP contribution in [0.3, 0.4) is 0 Å². The molecule has 0 fully saturated rings. The highest BCUT2D eigenvalue weighted by atomic mass is 16.4. The summed E-state index contributed by atoms with van der Waals surface area (Å²) in [6.07, 6.45) is 0. The van der Waals surface area contributed by atoms with Gasteiger partial charge in [-0.05, 0) is 32.9 Å². The molecular weight excluding hydrogens is 166 g/mol. The molecular formula is C10H17NO2. The van der Waals surface area contributed by atoms with Crippen LogP contribution in [0.2, 0.25) is 0 Å². The fourth-order valence-corrected chi connectivity index (χ4v) is 0.955. The maximum Gasteiger partial charge on any atom is 0.129 e. The maximum atomic E-state index is 8.76. The summed E-state index contributed by atoms with van der Waals surface area (Å²) in [5.41, 5.74) is 0.0895. The lowest BCUT2D eigenvalue weighted by molar-refractivity contribution is 0.241. The van der Waals surface area contributed by atoms with E-state index in [0.717, 1.165) is 5.76 Å². The lowest BCUT2D eigenvalue weighted by atomic mass is 10.1. The van der Waals surface area contributed by atoms with E-state index >= 15 is 0 Å². The lowest BCUT2D eigenvalue weighted by Gasteiger charge is -2.19. The van der Waals surface area contributed by atoms with Gasteiger partial charge >= 0.3 is 0 Å². The van der Waals surface area contributed by atoms with Crippen LogP contribution >= 0.6 is 0 Å². The van der Waals surface area contributed by atoms with Crippen LogP contribution in [0.4, 0.5) is 0 Å². The first kappa shape index (κ1) is 10.3. The minimum absolute atomic E-state index is 0.0322. The first-order valence-electron chi connectivity index (χ1n) is 4.45. The van der Waals surface area contributed by atoms with E-state index in [0.29, 0.717) is 12.3 Å². The van der Waals surface area contributed by atoms with E-state index in [2.05, 4.69) is 26.1 Å². The summed E-state index contributed by atoms with van der Waals surface area (Å²) < 4.78 is 5.32. The third kappa shape index (κ3) is 3.61. The van der Waals surface area contributed by atoms with Gasteiger partial charge in [-0.25, -0.2) is 0 Å². The number of rotatable bonds is 3. The predicted molar refractivity (Wildman–Crippen MR) is 51.2 cm³/mol. The molecule has 1 aromatic heterocycles. The van der Waals surface area contributed by atoms with Gasteiger partial charge < -0.3 is 14.8 Å². The Labute approximate surface area is 78.8 Å². The summed E-state index contributed by atoms with van der Waals surface area (Å²) in [5, 5.41) is 12.1. The second kappa shape index (κ2) is 3.94. The summed E-state index contributed by atoms with van der Waals surface area (Å²) in [6.45, 7) is 6.97. The predicted octanol–water partition coefficient (Wildman–Crippen LogP) is 1.66. The Hall–Kier alpha value is -0.800. The van der Waals surface area contributed by atoms with Gasteiger partial charge in [0.2, 0.25) is 0 Å². The zero-order chi connectivity index (χ0) is 9.90. The van der Waals surface area contributed by atoms with Gasteiger partial charge in [-0.3, -0.25) is 0 Å². The summed E-state index contributed by atoms with van der Waals surface area (Å²) in [5.74, 6) is 1.48. The Kier molecular flexibility index (Phi) is 3.12. The third-order valence-corrected chi connectivity index (χ3v) is 1.67. The molecule has 0 spiro atoms. The van der Waals surface area contributed by atoms with E-state index in [1.807, 2.05) is 6.07 Å². The minimum Gasteiger partial charge on any atom is -0.462 e. The van der Waals surface area contributed by atoms with E-state index in [9.17, 15) is 0 Å². The molecule has 13 heavy (non-hydrogen) atoms. The van der Waals surface area contributed by atoms with Crippen molar-refractivity contribution < 1.29 is 9.52 Å². The summed E-state index contributed by atoms with van der Waals surface area (Å²) >= 11 is 0. The van der Waals surface area contributed by atoms with Crippen molar-refractivity contribution >= 4 is 0 Å². The SMILES string of the molecule is CC(C)(C)NCc1ccc(CO)o1. The van der Waals surface area contributed by atoms with Crippen LogP contribution in [0, 0.1) is 0 Å². The summed E-state index contributed by atoms with van der Waals surface area (Å²) in [7, 11) is 0. The third-order valence-electron chi connectivity index (χ3n) is 1.67. The van der Waals surface area contributed by atoms with E-state index in [1.54, 1.807) is 6.07 Å². The first-order valence-corrected chi connectivity index (χ1v) is 4.45. The van der Waals surface area contributed by atoms with Gasteiger partial charge in [0.15, 0.2) is 0 Å². The van der Waals surface area contributed by atoms with E-state index in [-0.39, 0.29) is 12.1 Å². The molecule has 74 valence electrons. The Morgan fingerprint density at radius 3 is 2.38 bits per heavy atom. The molecule has 2 N–H and O–H groups in total. The van der Waals surface area contributed by atoms with Gasteiger partial charge in [0.1, 0.15) is 18.1 Å². The van der Waals surface area contributed by atoms with Crippen LogP contribution in [0.25, 0.3) is 0 Å². The molecule has 0 bridgehead atoms. The first-order chi connectivity index (χ1) is 6.01. The minimum atomic E-state index is -0.0322. The van der Waals surface area contributed by atoms with E-state index < -0.39 is 0 Å². The molecule has 0 unspecified atom stereocenters. The maximum absolute atomic E-state index is 8.76. The Morgan fingerprint density at radius 2 is 1.92 bits per heavy atom. The van der Waals surface area contributed by atoms with Crippen molar-refractivity contribution in [2.45, 2.75) is 39.5 Å². The number of hydrogen-bond acceptors (Lipinski definition) is 3. The highest BCUT2D eigenvalue weighted by molar-refractivity contribution is 5.06. The van der Waals surface area contributed by atoms with Crippen LogP contribution in [0.5, 0.6) is 0 Å². The fraction of sp³-hybridized carbons (Fsp3) is 0.600. The van der Waals surface area contributed by atoms with Crippen LogP contribution in [0.1, 0.15) is 32.3 Å². The van der Waals surface area contributed by atoms with Crippen LogP contribution < -0.4 is 5.32 Å². The molecule has 1 aromatic rings. The molecule has 1 heterocycles. The number of hydrogen-bond donors (Lipinski definition) is 2. The molecule has 3 nitrogen and oxygen atoms in total. The van der Waals surface area contributed by atoms with Crippen LogP contribution in [-0.2, 0) is 13.2 Å². The van der Waals surface area contributed by atoms with Crippen molar-refractivity contribution in [1.82, 2.24) is 5.32 Å². The largest absolute Gasteiger partial charge is 0.462 e. The van der Waals surface area contributed by atoms with Crippen molar-refractivity contribution in [2.24, 2.45) is 0 Å². The monoisotopic (exact) mass is 183 g/mol. The molecule has 0 atom stereocenters. The van der Waals surface area contributed by atoms with E-state index in [4.69, 9.17) is 9.52 Å². The Balaban J connectivity index is 2.46. The topological polar surface area (TPSA) is 45.4 Å². The normalized spacial score (nSPS) is 12.0.